The number of rotatable bonds is 3. The van der Waals surface area contributed by atoms with Crippen LogP contribution in [0.5, 0.6) is 5.75 Å². The van der Waals surface area contributed by atoms with Crippen molar-refractivity contribution in [2.45, 2.75) is 12.5 Å². The summed E-state index contributed by atoms with van der Waals surface area (Å²) in [4.78, 5) is 26.3. The molecule has 1 atom stereocenters. The lowest BCUT2D eigenvalue weighted by Gasteiger charge is -2.34. The van der Waals surface area contributed by atoms with Gasteiger partial charge in [-0.15, -0.1) is 11.3 Å². The molecule has 0 spiro atoms. The molecule has 1 unspecified atom stereocenters. The lowest BCUT2D eigenvalue weighted by atomic mass is 9.92. The summed E-state index contributed by atoms with van der Waals surface area (Å²) < 4.78 is 5.09. The van der Waals surface area contributed by atoms with Gasteiger partial charge < -0.3 is 14.7 Å². The maximum absolute atomic E-state index is 12.7. The van der Waals surface area contributed by atoms with Gasteiger partial charge in [0.15, 0.2) is 6.04 Å². The first-order chi connectivity index (χ1) is 10.6. The third kappa shape index (κ3) is 2.46. The van der Waals surface area contributed by atoms with Gasteiger partial charge >= 0.3 is 5.97 Å². The fourth-order valence-electron chi connectivity index (χ4n) is 2.73. The first-order valence-electron chi connectivity index (χ1n) is 6.86. The van der Waals surface area contributed by atoms with Gasteiger partial charge in [0.05, 0.1) is 12.0 Å². The van der Waals surface area contributed by atoms with Crippen LogP contribution in [0.25, 0.3) is 0 Å². The summed E-state index contributed by atoms with van der Waals surface area (Å²) in [5.74, 6) is -0.670. The number of nitrogens with zero attached hydrogens (tertiary/aromatic N) is 1. The molecular formula is C16H15NO4S. The highest BCUT2D eigenvalue weighted by Gasteiger charge is 2.36. The van der Waals surface area contributed by atoms with Crippen LogP contribution in [0.4, 0.5) is 0 Å². The van der Waals surface area contributed by atoms with E-state index in [1.165, 1.54) is 23.3 Å². The molecule has 1 aromatic carbocycles. The maximum Gasteiger partial charge on any atom is 0.331 e. The van der Waals surface area contributed by atoms with Crippen molar-refractivity contribution in [3.63, 3.8) is 0 Å². The molecule has 1 aliphatic rings. The first-order valence-corrected chi connectivity index (χ1v) is 7.74. The number of benzene rings is 1. The van der Waals surface area contributed by atoms with Gasteiger partial charge in [-0.1, -0.05) is 24.3 Å². The van der Waals surface area contributed by atoms with Gasteiger partial charge in [-0.3, -0.25) is 4.79 Å². The maximum atomic E-state index is 12.7. The second kappa shape index (κ2) is 5.81. The minimum absolute atomic E-state index is 0.268. The molecule has 6 heteroatoms. The molecule has 0 radical (unpaired) electrons. The molecule has 1 aromatic heterocycles. The molecule has 1 N–H and O–H groups in total. The summed E-state index contributed by atoms with van der Waals surface area (Å²) in [5.41, 5.74) is 1.68. The van der Waals surface area contributed by atoms with E-state index in [0.29, 0.717) is 29.2 Å². The number of fused-ring (bicyclic) bond motifs is 1. The lowest BCUT2D eigenvalue weighted by molar-refractivity contribution is -0.143. The van der Waals surface area contributed by atoms with Crippen LogP contribution in [0, 0.1) is 0 Å². The van der Waals surface area contributed by atoms with Gasteiger partial charge in [0, 0.05) is 18.0 Å². The normalized spacial score (nSPS) is 17.0. The third-order valence-corrected chi connectivity index (χ3v) is 4.70. The van der Waals surface area contributed by atoms with Crippen LogP contribution in [0.2, 0.25) is 0 Å². The number of carboxylic acid groups (broad SMARTS) is 1. The summed E-state index contributed by atoms with van der Waals surface area (Å²) in [7, 11) is 1.54. The highest BCUT2D eigenvalue weighted by Crippen LogP contribution is 2.32. The van der Waals surface area contributed by atoms with Gasteiger partial charge in [0.1, 0.15) is 5.75 Å². The molecule has 0 bridgehead atoms. The van der Waals surface area contributed by atoms with Crippen LogP contribution in [0.15, 0.2) is 35.7 Å². The Kier molecular flexibility index (Phi) is 3.85. The van der Waals surface area contributed by atoms with Crippen molar-refractivity contribution in [2.24, 2.45) is 0 Å². The molecule has 22 heavy (non-hydrogen) atoms. The summed E-state index contributed by atoms with van der Waals surface area (Å²) in [6, 6.07) is 8.09. The fourth-order valence-corrected chi connectivity index (χ4v) is 3.54. The van der Waals surface area contributed by atoms with Crippen molar-refractivity contribution in [1.82, 2.24) is 4.90 Å². The van der Waals surface area contributed by atoms with Gasteiger partial charge in [-0.2, -0.15) is 0 Å². The Morgan fingerprint density at radius 1 is 1.36 bits per heavy atom. The Bertz CT molecular complexity index is 724. The van der Waals surface area contributed by atoms with Gasteiger partial charge in [-0.05, 0) is 17.5 Å². The summed E-state index contributed by atoms with van der Waals surface area (Å²) in [5, 5.41) is 11.3. The number of thiophene rings is 1. The van der Waals surface area contributed by atoms with E-state index in [4.69, 9.17) is 4.74 Å². The number of ether oxygens (including phenoxy) is 1. The molecule has 3 rings (SSSR count). The summed E-state index contributed by atoms with van der Waals surface area (Å²) >= 11 is 1.26. The monoisotopic (exact) mass is 317 g/mol. The SMILES string of the molecule is COc1csc(C(=O)N2CCc3ccccc3C2C(=O)O)c1. The lowest BCUT2D eigenvalue weighted by Crippen LogP contribution is -2.43. The van der Waals surface area contributed by atoms with Crippen molar-refractivity contribution < 1.29 is 19.4 Å². The zero-order valence-electron chi connectivity index (χ0n) is 12.0. The Labute approximate surface area is 131 Å². The molecule has 1 aliphatic heterocycles. The zero-order valence-corrected chi connectivity index (χ0v) is 12.8. The van der Waals surface area contributed by atoms with Crippen LogP contribution in [-0.4, -0.2) is 35.5 Å². The smallest absolute Gasteiger partial charge is 0.331 e. The Morgan fingerprint density at radius 3 is 2.82 bits per heavy atom. The fraction of sp³-hybridized carbons (Fsp3) is 0.250. The second-order valence-corrected chi connectivity index (χ2v) is 5.95. The molecule has 0 saturated carbocycles. The van der Waals surface area contributed by atoms with E-state index >= 15 is 0 Å². The van der Waals surface area contributed by atoms with Crippen LogP contribution in [0.1, 0.15) is 26.8 Å². The average Bonchev–Trinajstić information content (AvgIpc) is 3.02. The topological polar surface area (TPSA) is 66.8 Å². The number of methoxy groups -OCH3 is 1. The second-order valence-electron chi connectivity index (χ2n) is 5.04. The van der Waals surface area contributed by atoms with Crippen molar-refractivity contribution in [2.75, 3.05) is 13.7 Å². The number of hydrogen-bond acceptors (Lipinski definition) is 4. The minimum atomic E-state index is -1.01. The molecule has 0 fully saturated rings. The predicted molar refractivity (Wildman–Crippen MR) is 82.4 cm³/mol. The third-order valence-electron chi connectivity index (χ3n) is 3.80. The van der Waals surface area contributed by atoms with E-state index in [1.54, 1.807) is 23.6 Å². The number of aliphatic carboxylic acids is 1. The van der Waals surface area contributed by atoms with E-state index in [0.717, 1.165) is 5.56 Å². The zero-order chi connectivity index (χ0) is 15.7. The molecule has 0 aliphatic carbocycles. The Balaban J connectivity index is 1.96. The Hall–Kier alpha value is -2.34. The number of hydrogen-bond donors (Lipinski definition) is 1. The minimum Gasteiger partial charge on any atom is -0.496 e. The van der Waals surface area contributed by atoms with Gasteiger partial charge in [0.25, 0.3) is 5.91 Å². The van der Waals surface area contributed by atoms with E-state index in [-0.39, 0.29) is 5.91 Å². The van der Waals surface area contributed by atoms with Gasteiger partial charge in [0.2, 0.25) is 0 Å². The molecule has 2 aromatic rings. The van der Waals surface area contributed by atoms with Crippen molar-refractivity contribution >= 4 is 23.2 Å². The predicted octanol–water partition coefficient (Wildman–Crippen LogP) is 2.58. The number of carbonyl (C=O) groups excluding carboxylic acids is 1. The van der Waals surface area contributed by atoms with Gasteiger partial charge in [-0.25, -0.2) is 4.79 Å². The average molecular weight is 317 g/mol. The summed E-state index contributed by atoms with van der Waals surface area (Å²) in [6.45, 7) is 0.396. The van der Waals surface area contributed by atoms with E-state index in [2.05, 4.69) is 0 Å². The van der Waals surface area contributed by atoms with Crippen LogP contribution >= 0.6 is 11.3 Å². The molecule has 5 nitrogen and oxygen atoms in total. The Morgan fingerprint density at radius 2 is 2.14 bits per heavy atom. The number of amides is 1. The van der Waals surface area contributed by atoms with Crippen molar-refractivity contribution in [3.05, 3.63) is 51.7 Å². The number of carbonyl (C=O) groups is 2. The van der Waals surface area contributed by atoms with E-state index in [9.17, 15) is 14.7 Å². The first kappa shape index (κ1) is 14.6. The van der Waals surface area contributed by atoms with E-state index < -0.39 is 12.0 Å². The molecule has 0 saturated heterocycles. The van der Waals surface area contributed by atoms with Crippen LogP contribution in [-0.2, 0) is 11.2 Å². The van der Waals surface area contributed by atoms with Crippen LogP contribution < -0.4 is 4.74 Å². The molecule has 114 valence electrons. The molecule has 1 amide bonds. The highest BCUT2D eigenvalue weighted by molar-refractivity contribution is 7.12. The molecule has 2 heterocycles. The van der Waals surface area contributed by atoms with Crippen molar-refractivity contribution in [1.29, 1.82) is 0 Å². The quantitative estimate of drug-likeness (QED) is 0.945. The standard InChI is InChI=1S/C16H15NO4S/c1-21-11-8-13(22-9-11)15(18)17-7-6-10-4-2-3-5-12(10)14(17)16(19)20/h2-5,8-9,14H,6-7H2,1H3,(H,19,20). The highest BCUT2D eigenvalue weighted by atomic mass is 32.1. The molecular weight excluding hydrogens is 302 g/mol. The number of carboxylic acids is 1. The van der Waals surface area contributed by atoms with E-state index in [1.807, 2.05) is 12.1 Å². The van der Waals surface area contributed by atoms with Crippen molar-refractivity contribution in [3.8, 4) is 5.75 Å². The largest absolute Gasteiger partial charge is 0.496 e. The summed E-state index contributed by atoms with van der Waals surface area (Å²) in [6.07, 6.45) is 0.661. The van der Waals surface area contributed by atoms with Crippen LogP contribution in [0.3, 0.4) is 0 Å².